The van der Waals surface area contributed by atoms with Gasteiger partial charge in [-0.3, -0.25) is 14.3 Å². The second kappa shape index (κ2) is 7.97. The summed E-state index contributed by atoms with van der Waals surface area (Å²) < 4.78 is 47.8. The van der Waals surface area contributed by atoms with Crippen LogP contribution in [0, 0.1) is 12.7 Å². The van der Waals surface area contributed by atoms with Crippen molar-refractivity contribution < 1.29 is 27.1 Å². The molecular weight excluding hydrogens is 437 g/mol. The number of hydrogen-bond donors (Lipinski definition) is 3. The van der Waals surface area contributed by atoms with Gasteiger partial charge in [-0.25, -0.2) is 12.8 Å². The molecule has 1 aliphatic heterocycles. The van der Waals surface area contributed by atoms with Gasteiger partial charge in [0.2, 0.25) is 5.91 Å². The number of carbonyl (C=O) groups excluding carboxylic acids is 2. The minimum atomic E-state index is -4.17. The van der Waals surface area contributed by atoms with Gasteiger partial charge in [0.15, 0.2) is 5.75 Å². The fourth-order valence-electron chi connectivity index (χ4n) is 3.17. The van der Waals surface area contributed by atoms with E-state index < -0.39 is 27.7 Å². The first-order chi connectivity index (χ1) is 15.1. The molecule has 1 aliphatic rings. The highest BCUT2D eigenvalue weighted by Crippen LogP contribution is 2.37. The van der Waals surface area contributed by atoms with E-state index >= 15 is 0 Å². The van der Waals surface area contributed by atoms with E-state index in [9.17, 15) is 22.4 Å². The summed E-state index contributed by atoms with van der Waals surface area (Å²) in [5, 5.41) is 5.02. The summed E-state index contributed by atoms with van der Waals surface area (Å²) in [6.07, 6.45) is 0. The van der Waals surface area contributed by atoms with Gasteiger partial charge in [-0.05, 0) is 61.0 Å². The Hall–Kier alpha value is -3.92. The van der Waals surface area contributed by atoms with E-state index in [1.807, 2.05) is 13.0 Å². The van der Waals surface area contributed by atoms with E-state index in [0.29, 0.717) is 11.4 Å². The van der Waals surface area contributed by atoms with Gasteiger partial charge in [-0.2, -0.15) is 0 Å². The normalized spacial score (nSPS) is 12.5. The fraction of sp³-hybridized carbons (Fsp3) is 0.0909. The zero-order valence-corrected chi connectivity index (χ0v) is 17.8. The van der Waals surface area contributed by atoms with Crippen molar-refractivity contribution in [2.24, 2.45) is 0 Å². The van der Waals surface area contributed by atoms with E-state index in [0.717, 1.165) is 23.8 Å². The van der Waals surface area contributed by atoms with Gasteiger partial charge in [0, 0.05) is 12.6 Å². The number of benzene rings is 3. The van der Waals surface area contributed by atoms with Gasteiger partial charge in [0.25, 0.3) is 15.9 Å². The lowest BCUT2D eigenvalue weighted by Gasteiger charge is -2.12. The molecule has 0 bridgehead atoms. The summed E-state index contributed by atoms with van der Waals surface area (Å²) in [5.41, 5.74) is 1.53. The van der Waals surface area contributed by atoms with Gasteiger partial charge < -0.3 is 15.4 Å². The van der Waals surface area contributed by atoms with Crippen LogP contribution in [-0.2, 0) is 14.8 Å². The van der Waals surface area contributed by atoms with Crippen molar-refractivity contribution in [2.45, 2.75) is 18.7 Å². The molecule has 0 saturated carbocycles. The first-order valence-corrected chi connectivity index (χ1v) is 10.9. The molecule has 10 heteroatoms. The largest absolute Gasteiger partial charge is 0.454 e. The number of fused-ring (bicyclic) bond motifs is 2. The molecule has 0 fully saturated rings. The average molecular weight is 455 g/mol. The minimum absolute atomic E-state index is 0.0935. The van der Waals surface area contributed by atoms with E-state index in [1.54, 1.807) is 12.1 Å². The maximum atomic E-state index is 14.2. The Bertz CT molecular complexity index is 1370. The zero-order chi connectivity index (χ0) is 23.0. The van der Waals surface area contributed by atoms with Crippen LogP contribution in [0.4, 0.5) is 21.5 Å². The number of rotatable bonds is 4. The number of amides is 2. The molecule has 0 aliphatic carbocycles. The predicted octanol–water partition coefficient (Wildman–Crippen LogP) is 4.25. The van der Waals surface area contributed by atoms with Crippen LogP contribution in [0.5, 0.6) is 11.5 Å². The molecule has 0 spiro atoms. The number of anilines is 3. The summed E-state index contributed by atoms with van der Waals surface area (Å²) in [4.78, 5) is 23.4. The Morgan fingerprint density at radius 1 is 1.03 bits per heavy atom. The van der Waals surface area contributed by atoms with Crippen molar-refractivity contribution >= 4 is 38.9 Å². The van der Waals surface area contributed by atoms with Crippen LogP contribution in [0.2, 0.25) is 0 Å². The molecule has 1 heterocycles. The highest BCUT2D eigenvalue weighted by molar-refractivity contribution is 7.92. The van der Waals surface area contributed by atoms with Crippen molar-refractivity contribution in [2.75, 3.05) is 15.4 Å². The lowest BCUT2D eigenvalue weighted by molar-refractivity contribution is -0.114. The molecule has 0 aromatic heterocycles. The van der Waals surface area contributed by atoms with Gasteiger partial charge in [0.1, 0.15) is 11.6 Å². The number of aryl methyl sites for hydroxylation is 1. The van der Waals surface area contributed by atoms with Crippen molar-refractivity contribution in [1.82, 2.24) is 0 Å². The SMILES string of the molecule is CC(=O)Nc1ccc(S(=O)(=O)Nc2ccc3c(c2)C(=O)Nc2cc(C)ccc2O3)cc1F. The molecule has 164 valence electrons. The third-order valence-corrected chi connectivity index (χ3v) is 6.02. The van der Waals surface area contributed by atoms with Crippen LogP contribution in [-0.4, -0.2) is 20.2 Å². The second-order valence-electron chi connectivity index (χ2n) is 7.20. The van der Waals surface area contributed by atoms with Crippen molar-refractivity contribution in [3.63, 3.8) is 0 Å². The molecular formula is C22H18FN3O5S. The van der Waals surface area contributed by atoms with Crippen LogP contribution < -0.4 is 20.1 Å². The Morgan fingerprint density at radius 3 is 2.50 bits per heavy atom. The summed E-state index contributed by atoms with van der Waals surface area (Å²) in [6.45, 7) is 3.09. The van der Waals surface area contributed by atoms with E-state index in [4.69, 9.17) is 4.74 Å². The fourth-order valence-corrected chi connectivity index (χ4v) is 4.23. The quantitative estimate of drug-likeness (QED) is 0.544. The smallest absolute Gasteiger partial charge is 0.261 e. The Labute approximate surface area is 183 Å². The van der Waals surface area contributed by atoms with E-state index in [-0.39, 0.29) is 27.6 Å². The Morgan fingerprint density at radius 2 is 1.78 bits per heavy atom. The molecule has 3 N–H and O–H groups in total. The number of hydrogen-bond acceptors (Lipinski definition) is 5. The molecule has 3 aromatic rings. The highest BCUT2D eigenvalue weighted by atomic mass is 32.2. The minimum Gasteiger partial charge on any atom is -0.454 e. The molecule has 2 amide bonds. The molecule has 8 nitrogen and oxygen atoms in total. The lowest BCUT2D eigenvalue weighted by atomic mass is 10.1. The summed E-state index contributed by atoms with van der Waals surface area (Å²) in [6, 6.07) is 12.7. The monoisotopic (exact) mass is 455 g/mol. The molecule has 32 heavy (non-hydrogen) atoms. The van der Waals surface area contributed by atoms with Crippen molar-refractivity contribution in [3.8, 4) is 11.5 Å². The van der Waals surface area contributed by atoms with Gasteiger partial charge in [-0.1, -0.05) is 6.07 Å². The lowest BCUT2D eigenvalue weighted by Crippen LogP contribution is -2.15. The highest BCUT2D eigenvalue weighted by Gasteiger charge is 2.23. The third kappa shape index (κ3) is 4.26. The molecule has 4 rings (SSSR count). The standard InChI is InChI=1S/C22H18FN3O5S/c1-12-3-7-21-19(9-12)25-22(28)16-10-14(4-8-20(16)31-21)26-32(29,30)15-5-6-18(17(23)11-15)24-13(2)27/h3-11,26H,1-2H3,(H,24,27)(H,25,28). The predicted molar refractivity (Wildman–Crippen MR) is 117 cm³/mol. The van der Waals surface area contributed by atoms with Crippen LogP contribution in [0.25, 0.3) is 0 Å². The molecule has 0 atom stereocenters. The van der Waals surface area contributed by atoms with Crippen LogP contribution in [0.15, 0.2) is 59.5 Å². The van der Waals surface area contributed by atoms with E-state index in [1.165, 1.54) is 25.1 Å². The summed E-state index contributed by atoms with van der Waals surface area (Å²) >= 11 is 0. The molecule has 0 radical (unpaired) electrons. The van der Waals surface area contributed by atoms with Crippen molar-refractivity contribution in [1.29, 1.82) is 0 Å². The maximum Gasteiger partial charge on any atom is 0.261 e. The Balaban J connectivity index is 1.62. The van der Waals surface area contributed by atoms with Crippen LogP contribution in [0.1, 0.15) is 22.8 Å². The zero-order valence-electron chi connectivity index (χ0n) is 17.0. The van der Waals surface area contributed by atoms with Crippen LogP contribution in [0.3, 0.4) is 0 Å². The van der Waals surface area contributed by atoms with Gasteiger partial charge in [0.05, 0.1) is 21.8 Å². The number of ether oxygens (including phenoxy) is 1. The number of carbonyl (C=O) groups is 2. The van der Waals surface area contributed by atoms with Gasteiger partial charge >= 0.3 is 0 Å². The molecule has 0 unspecified atom stereocenters. The summed E-state index contributed by atoms with van der Waals surface area (Å²) in [7, 11) is -4.17. The molecule has 3 aromatic carbocycles. The number of nitrogens with one attached hydrogen (secondary N) is 3. The number of halogens is 1. The molecule has 0 saturated heterocycles. The number of sulfonamides is 1. The third-order valence-electron chi connectivity index (χ3n) is 4.64. The van der Waals surface area contributed by atoms with Crippen molar-refractivity contribution in [3.05, 3.63) is 71.5 Å². The first-order valence-electron chi connectivity index (χ1n) is 9.46. The maximum absolute atomic E-state index is 14.2. The van der Waals surface area contributed by atoms with E-state index in [2.05, 4.69) is 15.4 Å². The summed E-state index contributed by atoms with van der Waals surface area (Å²) in [5.74, 6) is -1.12. The topological polar surface area (TPSA) is 114 Å². The first kappa shape index (κ1) is 21.3. The second-order valence-corrected chi connectivity index (χ2v) is 8.88. The van der Waals surface area contributed by atoms with Gasteiger partial charge in [-0.15, -0.1) is 0 Å². The Kier molecular flexibility index (Phi) is 5.31. The average Bonchev–Trinajstić information content (AvgIpc) is 2.84. The van der Waals surface area contributed by atoms with Crippen LogP contribution >= 0.6 is 0 Å².